The summed E-state index contributed by atoms with van der Waals surface area (Å²) < 4.78 is 2.26. The molecule has 0 atom stereocenters. The fourth-order valence-electron chi connectivity index (χ4n) is 5.75. The average molecular weight is 585 g/mol. The van der Waals surface area contributed by atoms with E-state index in [0.717, 1.165) is 34.1 Å². The van der Waals surface area contributed by atoms with E-state index in [1.54, 1.807) is 0 Å². The minimum Gasteiger partial charge on any atom is -0.344 e. The first-order valence-electron chi connectivity index (χ1n) is 13.8. The molecule has 0 saturated carbocycles. The van der Waals surface area contributed by atoms with E-state index in [1.165, 1.54) is 21.8 Å². The predicted octanol–water partition coefficient (Wildman–Crippen LogP) is 11.6. The van der Waals surface area contributed by atoms with Crippen molar-refractivity contribution in [3.05, 3.63) is 156 Å². The molecule has 6 aromatic carbocycles. The summed E-state index contributed by atoms with van der Waals surface area (Å²) in [6.45, 7) is 0. The lowest BCUT2D eigenvalue weighted by atomic mass is 10.1. The van der Waals surface area contributed by atoms with Crippen LogP contribution in [0.1, 0.15) is 0 Å². The summed E-state index contributed by atoms with van der Waals surface area (Å²) in [5.74, 6) is 0. The van der Waals surface area contributed by atoms with Crippen molar-refractivity contribution in [2.75, 3.05) is 9.80 Å². The summed E-state index contributed by atoms with van der Waals surface area (Å²) in [6.07, 6.45) is 0. The molecule has 0 aliphatic carbocycles. The number of aryl methyl sites for hydroxylation is 1. The minimum absolute atomic E-state index is 0.700. The van der Waals surface area contributed by atoms with Crippen molar-refractivity contribution in [2.24, 2.45) is 7.05 Å². The SMILES string of the molecule is Cn1c2ccc(N(c3ccccc3)c3cccc(Cl)c3)cc2c2cc(N(c3ccccc3)c3cccc(Cl)c3)ccc21. The monoisotopic (exact) mass is 583 g/mol. The highest BCUT2D eigenvalue weighted by Crippen LogP contribution is 2.42. The van der Waals surface area contributed by atoms with E-state index in [1.807, 2.05) is 48.5 Å². The quantitative estimate of drug-likeness (QED) is 0.193. The first-order valence-corrected chi connectivity index (χ1v) is 14.6. The fourth-order valence-corrected chi connectivity index (χ4v) is 6.12. The molecule has 0 radical (unpaired) electrons. The minimum atomic E-state index is 0.700. The molecule has 0 unspecified atom stereocenters. The molecule has 0 amide bonds. The number of para-hydroxylation sites is 2. The molecule has 5 heteroatoms. The van der Waals surface area contributed by atoms with Crippen LogP contribution in [0.4, 0.5) is 34.1 Å². The predicted molar refractivity (Wildman–Crippen MR) is 180 cm³/mol. The Balaban J connectivity index is 1.44. The van der Waals surface area contributed by atoms with Crippen molar-refractivity contribution in [3.8, 4) is 0 Å². The van der Waals surface area contributed by atoms with Crippen LogP contribution in [-0.2, 0) is 7.05 Å². The molecule has 0 fully saturated rings. The van der Waals surface area contributed by atoms with E-state index >= 15 is 0 Å². The zero-order valence-corrected chi connectivity index (χ0v) is 24.5. The van der Waals surface area contributed by atoms with E-state index < -0.39 is 0 Å². The van der Waals surface area contributed by atoms with Crippen LogP contribution in [0.25, 0.3) is 21.8 Å². The van der Waals surface area contributed by atoms with E-state index in [0.29, 0.717) is 10.0 Å². The largest absolute Gasteiger partial charge is 0.344 e. The van der Waals surface area contributed by atoms with Crippen LogP contribution in [0, 0.1) is 0 Å². The van der Waals surface area contributed by atoms with Gasteiger partial charge in [-0.1, -0.05) is 71.7 Å². The van der Waals surface area contributed by atoms with E-state index in [9.17, 15) is 0 Å². The Hall–Kier alpha value is -4.70. The zero-order chi connectivity index (χ0) is 28.6. The maximum atomic E-state index is 6.46. The molecule has 0 N–H and O–H groups in total. The molecule has 0 spiro atoms. The number of hydrogen-bond donors (Lipinski definition) is 0. The summed E-state index contributed by atoms with van der Waals surface area (Å²) in [5, 5.41) is 3.75. The zero-order valence-electron chi connectivity index (χ0n) is 23.0. The van der Waals surface area contributed by atoms with Crippen LogP contribution >= 0.6 is 23.2 Å². The molecule has 42 heavy (non-hydrogen) atoms. The van der Waals surface area contributed by atoms with E-state index in [4.69, 9.17) is 23.2 Å². The second-order valence-corrected chi connectivity index (χ2v) is 11.1. The number of halogens is 2. The Morgan fingerprint density at radius 1 is 0.405 bits per heavy atom. The van der Waals surface area contributed by atoms with Crippen molar-refractivity contribution in [1.29, 1.82) is 0 Å². The molecule has 204 valence electrons. The van der Waals surface area contributed by atoms with E-state index in [2.05, 4.69) is 118 Å². The van der Waals surface area contributed by atoms with Crippen LogP contribution in [0.3, 0.4) is 0 Å². The maximum Gasteiger partial charge on any atom is 0.0490 e. The van der Waals surface area contributed by atoms with Gasteiger partial charge in [0.2, 0.25) is 0 Å². The number of hydrogen-bond acceptors (Lipinski definition) is 2. The Bertz CT molecular complexity index is 1890. The molecule has 0 bridgehead atoms. The molecular formula is C37H27Cl2N3. The highest BCUT2D eigenvalue weighted by atomic mass is 35.5. The van der Waals surface area contributed by atoms with Gasteiger partial charge in [-0.25, -0.2) is 0 Å². The molecule has 7 rings (SSSR count). The lowest BCUT2D eigenvalue weighted by Crippen LogP contribution is -2.10. The smallest absolute Gasteiger partial charge is 0.0490 e. The summed E-state index contributed by atoms with van der Waals surface area (Å²) in [4.78, 5) is 4.49. The fraction of sp³-hybridized carbons (Fsp3) is 0.0270. The Kier molecular flexibility index (Phi) is 6.83. The molecule has 0 aliphatic rings. The van der Waals surface area contributed by atoms with Gasteiger partial charge in [0.25, 0.3) is 0 Å². The van der Waals surface area contributed by atoms with Crippen LogP contribution in [0.2, 0.25) is 10.0 Å². The van der Waals surface area contributed by atoms with Crippen molar-refractivity contribution < 1.29 is 0 Å². The number of anilines is 6. The number of fused-ring (bicyclic) bond motifs is 3. The lowest BCUT2D eigenvalue weighted by Gasteiger charge is -2.26. The summed E-state index contributed by atoms with van der Waals surface area (Å²) >= 11 is 12.9. The van der Waals surface area contributed by atoms with Gasteiger partial charge in [0.05, 0.1) is 0 Å². The third-order valence-electron chi connectivity index (χ3n) is 7.65. The molecule has 3 nitrogen and oxygen atoms in total. The van der Waals surface area contributed by atoms with Crippen LogP contribution in [-0.4, -0.2) is 4.57 Å². The van der Waals surface area contributed by atoms with Crippen LogP contribution < -0.4 is 9.80 Å². The molecule has 1 heterocycles. The standard InChI is InChI=1S/C37H27Cl2N3/c1-40-36-20-18-32(41(28-12-4-2-5-13-28)30-16-8-10-26(38)22-30)24-34(36)35-25-33(19-21-37(35)40)42(29-14-6-3-7-15-29)31-17-9-11-27(39)23-31/h2-25H,1H3. The van der Waals surface area contributed by atoms with Crippen molar-refractivity contribution in [3.63, 3.8) is 0 Å². The Morgan fingerprint density at radius 3 is 1.19 bits per heavy atom. The van der Waals surface area contributed by atoms with Crippen molar-refractivity contribution >= 4 is 79.1 Å². The summed E-state index contributed by atoms with van der Waals surface area (Å²) in [6, 6.07) is 50.1. The third kappa shape index (κ3) is 4.77. The number of aromatic nitrogens is 1. The van der Waals surface area contributed by atoms with Crippen LogP contribution in [0.5, 0.6) is 0 Å². The van der Waals surface area contributed by atoms with E-state index in [-0.39, 0.29) is 0 Å². The molecule has 1 aromatic heterocycles. The second-order valence-electron chi connectivity index (χ2n) is 10.3. The van der Waals surface area contributed by atoms with Gasteiger partial charge in [-0.3, -0.25) is 0 Å². The van der Waals surface area contributed by atoms with Crippen molar-refractivity contribution in [1.82, 2.24) is 4.57 Å². The number of nitrogens with zero attached hydrogens (tertiary/aromatic N) is 3. The highest BCUT2D eigenvalue weighted by molar-refractivity contribution is 6.31. The van der Waals surface area contributed by atoms with Gasteiger partial charge in [-0.05, 0) is 97.1 Å². The Morgan fingerprint density at radius 2 is 0.786 bits per heavy atom. The van der Waals surface area contributed by atoms with Gasteiger partial charge in [-0.15, -0.1) is 0 Å². The highest BCUT2D eigenvalue weighted by Gasteiger charge is 2.18. The lowest BCUT2D eigenvalue weighted by molar-refractivity contribution is 1.01. The molecule has 0 aliphatic heterocycles. The normalized spacial score (nSPS) is 11.2. The third-order valence-corrected chi connectivity index (χ3v) is 8.12. The van der Waals surface area contributed by atoms with Gasteiger partial charge in [0.15, 0.2) is 0 Å². The van der Waals surface area contributed by atoms with Crippen molar-refractivity contribution in [2.45, 2.75) is 0 Å². The Labute approximate surface area is 255 Å². The number of benzene rings is 6. The second kappa shape index (κ2) is 10.9. The first-order chi connectivity index (χ1) is 20.6. The first kappa shape index (κ1) is 26.2. The van der Waals surface area contributed by atoms with Gasteiger partial charge >= 0.3 is 0 Å². The molecular weight excluding hydrogens is 557 g/mol. The molecule has 7 aromatic rings. The topological polar surface area (TPSA) is 11.4 Å². The maximum absolute atomic E-state index is 6.46. The van der Waals surface area contributed by atoms with Gasteiger partial charge < -0.3 is 14.4 Å². The molecule has 0 saturated heterocycles. The van der Waals surface area contributed by atoms with Crippen LogP contribution in [0.15, 0.2) is 146 Å². The van der Waals surface area contributed by atoms with Gasteiger partial charge in [0, 0.05) is 73.0 Å². The number of rotatable bonds is 6. The van der Waals surface area contributed by atoms with Gasteiger partial charge in [-0.2, -0.15) is 0 Å². The average Bonchev–Trinajstić information content (AvgIpc) is 3.29. The summed E-state index contributed by atoms with van der Waals surface area (Å²) in [5.41, 5.74) is 8.59. The summed E-state index contributed by atoms with van der Waals surface area (Å²) in [7, 11) is 2.13. The van der Waals surface area contributed by atoms with Gasteiger partial charge in [0.1, 0.15) is 0 Å².